The van der Waals surface area contributed by atoms with Crippen LogP contribution in [0.15, 0.2) is 11.6 Å². The Morgan fingerprint density at radius 1 is 1.30 bits per heavy atom. The van der Waals surface area contributed by atoms with Crippen molar-refractivity contribution in [3.8, 4) is 0 Å². The Labute approximate surface area is 178 Å². The van der Waals surface area contributed by atoms with Crippen molar-refractivity contribution in [3.05, 3.63) is 11.6 Å². The lowest BCUT2D eigenvalue weighted by Gasteiger charge is -2.63. The van der Waals surface area contributed by atoms with Gasteiger partial charge in [0.05, 0.1) is 19.1 Å². The summed E-state index contributed by atoms with van der Waals surface area (Å²) in [4.78, 5) is 25.7. The number of carbonyl (C=O) groups is 2. The molecule has 5 aliphatic rings. The Hall–Kier alpha value is -1.24. The molecule has 1 saturated heterocycles. The van der Waals surface area contributed by atoms with Crippen molar-refractivity contribution >= 4 is 11.8 Å². The molecule has 1 heterocycles. The molecule has 1 spiro atoms. The number of aliphatic hydroxyl groups excluding tert-OH is 1. The Kier molecular flexibility index (Phi) is 4.56. The number of rotatable bonds is 2. The van der Waals surface area contributed by atoms with E-state index < -0.39 is 23.2 Å². The first-order chi connectivity index (χ1) is 14.2. The summed E-state index contributed by atoms with van der Waals surface area (Å²) < 4.78 is 16.5. The van der Waals surface area contributed by atoms with Crippen molar-refractivity contribution in [2.45, 2.75) is 71.2 Å². The van der Waals surface area contributed by atoms with E-state index in [0.29, 0.717) is 24.7 Å². The SMILES string of the molecule is CC[C@H]1CC[C@H]2[C@@H]3C[C@H](C(=O)OC)C4=CC(=O)C5(C[C@]4(C)[C@H]3[C@@H](O)C[C@]12C)OCO5. The zero-order valence-electron chi connectivity index (χ0n) is 18.5. The average Bonchev–Trinajstić information content (AvgIpc) is 3.01. The highest BCUT2D eigenvalue weighted by Crippen LogP contribution is 2.68. The maximum absolute atomic E-state index is 12.9. The van der Waals surface area contributed by atoms with E-state index in [9.17, 15) is 14.7 Å². The Morgan fingerprint density at radius 2 is 2.03 bits per heavy atom. The van der Waals surface area contributed by atoms with Crippen LogP contribution in [0, 0.1) is 40.4 Å². The quantitative estimate of drug-likeness (QED) is 0.694. The van der Waals surface area contributed by atoms with Crippen LogP contribution < -0.4 is 0 Å². The lowest BCUT2D eigenvalue weighted by Crippen LogP contribution is -2.65. The number of methoxy groups -OCH3 is 1. The highest BCUT2D eigenvalue weighted by atomic mass is 16.9. The topological polar surface area (TPSA) is 82.1 Å². The maximum atomic E-state index is 12.9. The molecule has 0 bridgehead atoms. The standard InChI is InChI=1S/C24H34O6/c1-5-13-6-7-16-14-8-15(21(27)28-4)17-9-19(26)24(29-12-30-24)11-23(17,3)20(14)18(25)10-22(13,16)2/h9,13-16,18,20,25H,5-8,10-12H2,1-4H3/t13-,14-,15-,16-,18-,20+,22+,23-/m0/s1. The van der Waals surface area contributed by atoms with Crippen LogP contribution in [0.2, 0.25) is 0 Å². The number of hydrogen-bond acceptors (Lipinski definition) is 6. The molecule has 4 fully saturated rings. The van der Waals surface area contributed by atoms with Crippen LogP contribution in [0.3, 0.4) is 0 Å². The lowest BCUT2D eigenvalue weighted by molar-refractivity contribution is -0.384. The van der Waals surface area contributed by atoms with Crippen molar-refractivity contribution in [3.63, 3.8) is 0 Å². The number of carbonyl (C=O) groups excluding carboxylic acids is 2. The third-order valence-corrected chi connectivity index (χ3v) is 9.75. The molecule has 0 amide bonds. The number of aliphatic hydroxyl groups is 1. The largest absolute Gasteiger partial charge is 0.469 e. The van der Waals surface area contributed by atoms with Gasteiger partial charge in [0, 0.05) is 11.8 Å². The molecule has 3 saturated carbocycles. The predicted molar refractivity (Wildman–Crippen MR) is 108 cm³/mol. The number of ether oxygens (including phenoxy) is 3. The summed E-state index contributed by atoms with van der Waals surface area (Å²) in [6.45, 7) is 6.81. The van der Waals surface area contributed by atoms with Gasteiger partial charge in [-0.05, 0) is 66.4 Å². The number of esters is 1. The zero-order valence-corrected chi connectivity index (χ0v) is 18.5. The van der Waals surface area contributed by atoms with Gasteiger partial charge < -0.3 is 19.3 Å². The predicted octanol–water partition coefficient (Wildman–Crippen LogP) is 3.22. The van der Waals surface area contributed by atoms with Gasteiger partial charge in [-0.2, -0.15) is 0 Å². The summed E-state index contributed by atoms with van der Waals surface area (Å²) in [6, 6.07) is 0. The van der Waals surface area contributed by atoms with Crippen LogP contribution in [0.4, 0.5) is 0 Å². The molecular formula is C24H34O6. The van der Waals surface area contributed by atoms with Gasteiger partial charge in [0.1, 0.15) is 0 Å². The second kappa shape index (κ2) is 6.63. The van der Waals surface area contributed by atoms with Gasteiger partial charge in [-0.1, -0.05) is 27.2 Å². The van der Waals surface area contributed by atoms with E-state index in [0.717, 1.165) is 24.8 Å². The molecular weight excluding hydrogens is 384 g/mol. The molecule has 166 valence electrons. The Balaban J connectivity index is 1.62. The minimum absolute atomic E-state index is 0.0175. The molecule has 0 aromatic rings. The smallest absolute Gasteiger partial charge is 0.312 e. The van der Waals surface area contributed by atoms with Gasteiger partial charge in [0.2, 0.25) is 11.6 Å². The molecule has 8 atom stereocenters. The summed E-state index contributed by atoms with van der Waals surface area (Å²) in [6.07, 6.45) is 6.34. The van der Waals surface area contributed by atoms with Crippen LogP contribution in [-0.2, 0) is 23.8 Å². The van der Waals surface area contributed by atoms with Gasteiger partial charge in [-0.3, -0.25) is 9.59 Å². The summed E-state index contributed by atoms with van der Waals surface area (Å²) in [5.41, 5.74) is 0.360. The molecule has 0 aromatic carbocycles. The van der Waals surface area contributed by atoms with Gasteiger partial charge in [0.15, 0.2) is 6.79 Å². The summed E-state index contributed by atoms with van der Waals surface area (Å²) >= 11 is 0. The zero-order chi connectivity index (χ0) is 21.5. The first-order valence-electron chi connectivity index (χ1n) is 11.5. The number of fused-ring (bicyclic) bond motifs is 5. The van der Waals surface area contributed by atoms with Crippen molar-refractivity contribution in [2.24, 2.45) is 40.4 Å². The van der Waals surface area contributed by atoms with Crippen LogP contribution in [0.5, 0.6) is 0 Å². The molecule has 0 radical (unpaired) electrons. The van der Waals surface area contributed by atoms with Crippen LogP contribution in [-0.4, -0.2) is 42.7 Å². The van der Waals surface area contributed by atoms with E-state index in [1.54, 1.807) is 6.08 Å². The minimum atomic E-state index is -1.25. The normalized spacial score (nSPS) is 48.8. The first kappa shape index (κ1) is 20.7. The second-order valence-electron chi connectivity index (χ2n) is 10.8. The third-order valence-electron chi connectivity index (χ3n) is 9.75. The number of hydrogen-bond donors (Lipinski definition) is 1. The highest BCUT2D eigenvalue weighted by Gasteiger charge is 2.67. The van der Waals surface area contributed by atoms with Gasteiger partial charge in [0.25, 0.3) is 0 Å². The van der Waals surface area contributed by atoms with E-state index >= 15 is 0 Å². The van der Waals surface area contributed by atoms with E-state index in [-0.39, 0.29) is 35.8 Å². The summed E-state index contributed by atoms with van der Waals surface area (Å²) in [5.74, 6) is -0.924. The molecule has 0 unspecified atom stereocenters. The van der Waals surface area contributed by atoms with Crippen LogP contribution in [0.1, 0.15) is 59.3 Å². The van der Waals surface area contributed by atoms with Crippen molar-refractivity contribution in [2.75, 3.05) is 13.9 Å². The van der Waals surface area contributed by atoms with Gasteiger partial charge >= 0.3 is 5.97 Å². The fourth-order valence-electron chi connectivity index (χ4n) is 8.46. The van der Waals surface area contributed by atoms with Gasteiger partial charge in [-0.15, -0.1) is 0 Å². The minimum Gasteiger partial charge on any atom is -0.469 e. The fourth-order valence-corrected chi connectivity index (χ4v) is 8.46. The molecule has 6 heteroatoms. The van der Waals surface area contributed by atoms with Gasteiger partial charge in [-0.25, -0.2) is 0 Å². The lowest BCUT2D eigenvalue weighted by atomic mass is 9.43. The molecule has 0 aromatic heterocycles. The summed E-state index contributed by atoms with van der Waals surface area (Å²) in [7, 11) is 1.42. The third kappa shape index (κ3) is 2.47. The Morgan fingerprint density at radius 3 is 2.63 bits per heavy atom. The van der Waals surface area contributed by atoms with Crippen molar-refractivity contribution in [1.82, 2.24) is 0 Å². The Bertz CT molecular complexity index is 800. The maximum Gasteiger partial charge on any atom is 0.312 e. The molecule has 1 N–H and O–H groups in total. The molecule has 4 aliphatic carbocycles. The second-order valence-corrected chi connectivity index (χ2v) is 10.8. The van der Waals surface area contributed by atoms with Crippen LogP contribution in [0.25, 0.3) is 0 Å². The molecule has 5 rings (SSSR count). The number of ketones is 1. The highest BCUT2D eigenvalue weighted by molar-refractivity contribution is 5.99. The van der Waals surface area contributed by atoms with E-state index in [4.69, 9.17) is 14.2 Å². The summed E-state index contributed by atoms with van der Waals surface area (Å²) in [5, 5.41) is 11.5. The fraction of sp³-hybridized carbons (Fsp3) is 0.833. The van der Waals surface area contributed by atoms with E-state index in [1.807, 2.05) is 0 Å². The molecule has 6 nitrogen and oxygen atoms in total. The van der Waals surface area contributed by atoms with E-state index in [1.165, 1.54) is 13.5 Å². The average molecular weight is 419 g/mol. The first-order valence-corrected chi connectivity index (χ1v) is 11.5. The molecule has 30 heavy (non-hydrogen) atoms. The van der Waals surface area contributed by atoms with Crippen LogP contribution >= 0.6 is 0 Å². The van der Waals surface area contributed by atoms with Crippen molar-refractivity contribution < 1.29 is 28.9 Å². The molecule has 1 aliphatic heterocycles. The van der Waals surface area contributed by atoms with E-state index in [2.05, 4.69) is 20.8 Å². The van der Waals surface area contributed by atoms with Crippen molar-refractivity contribution in [1.29, 1.82) is 0 Å². The monoisotopic (exact) mass is 418 g/mol.